The lowest BCUT2D eigenvalue weighted by Crippen LogP contribution is -2.48. The average Bonchev–Trinajstić information content (AvgIpc) is 3.31. The van der Waals surface area contributed by atoms with Crippen molar-refractivity contribution >= 4 is 11.8 Å². The van der Waals surface area contributed by atoms with Crippen LogP contribution < -0.4 is 4.90 Å². The number of likely N-dealkylation sites (tertiary alicyclic amines) is 1. The highest BCUT2D eigenvalue weighted by atomic mass is 16.6. The summed E-state index contributed by atoms with van der Waals surface area (Å²) in [7, 11) is 0. The van der Waals surface area contributed by atoms with Gasteiger partial charge in [0.25, 0.3) is 0 Å². The van der Waals surface area contributed by atoms with Crippen molar-refractivity contribution in [3.63, 3.8) is 0 Å². The molecule has 5 rings (SSSR count). The normalized spacial score (nSPS) is 32.0. The molecule has 31 heavy (non-hydrogen) atoms. The van der Waals surface area contributed by atoms with E-state index in [4.69, 9.17) is 4.74 Å². The number of benzene rings is 1. The molecule has 170 valence electrons. The highest BCUT2D eigenvalue weighted by Gasteiger charge is 2.50. The Morgan fingerprint density at radius 3 is 2.52 bits per heavy atom. The number of fused-ring (bicyclic) bond motifs is 4. The van der Waals surface area contributed by atoms with Gasteiger partial charge in [0.1, 0.15) is 5.60 Å². The van der Waals surface area contributed by atoms with Crippen molar-refractivity contribution in [2.45, 2.75) is 84.2 Å². The maximum Gasteiger partial charge on any atom is 0.414 e. The zero-order chi connectivity index (χ0) is 22.0. The van der Waals surface area contributed by atoms with E-state index in [1.54, 1.807) is 0 Å². The maximum absolute atomic E-state index is 13.0. The van der Waals surface area contributed by atoms with Crippen LogP contribution >= 0.6 is 0 Å². The van der Waals surface area contributed by atoms with Crippen LogP contribution in [0.3, 0.4) is 0 Å². The van der Waals surface area contributed by atoms with Gasteiger partial charge in [0.2, 0.25) is 0 Å². The van der Waals surface area contributed by atoms with Gasteiger partial charge in [0.15, 0.2) is 0 Å². The first-order valence-electron chi connectivity index (χ1n) is 12.4. The molecule has 4 aliphatic rings. The molecule has 0 N–H and O–H groups in total. The van der Waals surface area contributed by atoms with Crippen LogP contribution in [0.2, 0.25) is 0 Å². The van der Waals surface area contributed by atoms with Crippen LogP contribution in [-0.2, 0) is 10.2 Å². The van der Waals surface area contributed by atoms with Gasteiger partial charge in [-0.15, -0.1) is 0 Å². The summed E-state index contributed by atoms with van der Waals surface area (Å²) in [6, 6.07) is 6.58. The lowest BCUT2D eigenvalue weighted by atomic mass is 9.73. The third-order valence-electron chi connectivity index (χ3n) is 8.69. The number of ether oxygens (including phenoxy) is 1. The number of nitrogens with zero attached hydrogens (tertiary/aromatic N) is 2. The molecule has 1 aromatic carbocycles. The number of amides is 1. The maximum atomic E-state index is 13.0. The van der Waals surface area contributed by atoms with Crippen molar-refractivity contribution < 1.29 is 9.53 Å². The molecule has 2 saturated carbocycles. The van der Waals surface area contributed by atoms with Gasteiger partial charge in [-0.2, -0.15) is 0 Å². The van der Waals surface area contributed by atoms with E-state index in [0.29, 0.717) is 5.41 Å². The quantitative estimate of drug-likeness (QED) is 0.592. The van der Waals surface area contributed by atoms with Gasteiger partial charge in [0, 0.05) is 18.5 Å². The fourth-order valence-electron chi connectivity index (χ4n) is 7.16. The Hall–Kier alpha value is -1.55. The second-order valence-corrected chi connectivity index (χ2v) is 12.4. The number of anilines is 1. The Labute approximate surface area is 188 Å². The second kappa shape index (κ2) is 7.23. The second-order valence-electron chi connectivity index (χ2n) is 12.4. The molecular formula is C27H40N2O2. The zero-order valence-corrected chi connectivity index (χ0v) is 20.2. The first-order valence-corrected chi connectivity index (χ1v) is 12.4. The van der Waals surface area contributed by atoms with E-state index in [1.165, 1.54) is 43.4 Å². The summed E-state index contributed by atoms with van der Waals surface area (Å²) in [5.41, 5.74) is 3.96. The van der Waals surface area contributed by atoms with E-state index in [-0.39, 0.29) is 11.5 Å². The highest BCUT2D eigenvalue weighted by molar-refractivity contribution is 5.91. The summed E-state index contributed by atoms with van der Waals surface area (Å²) < 4.78 is 5.77. The molecule has 4 nitrogen and oxygen atoms in total. The predicted molar refractivity (Wildman–Crippen MR) is 126 cm³/mol. The minimum absolute atomic E-state index is 0.0788. The van der Waals surface area contributed by atoms with Gasteiger partial charge in [0.05, 0.1) is 5.69 Å². The lowest BCUT2D eigenvalue weighted by Gasteiger charge is -2.41. The SMILES string of the molecule is Cc1ccc2c(c1)C1(CCN(CC3C[C@@]4(C)CCC3C4)CC1)CN2C(=O)OC(C)(C)C. The number of aryl methyl sites for hydroxylation is 1. The summed E-state index contributed by atoms with van der Waals surface area (Å²) in [6.45, 7) is 14.9. The van der Waals surface area contributed by atoms with Gasteiger partial charge in [-0.1, -0.05) is 24.6 Å². The lowest BCUT2D eigenvalue weighted by molar-refractivity contribution is 0.0568. The van der Waals surface area contributed by atoms with Crippen molar-refractivity contribution in [2.24, 2.45) is 17.3 Å². The minimum atomic E-state index is -0.474. The van der Waals surface area contributed by atoms with E-state index < -0.39 is 5.60 Å². The van der Waals surface area contributed by atoms with Crippen LogP contribution in [0.5, 0.6) is 0 Å². The molecule has 2 heterocycles. The molecule has 1 spiro atoms. The standard InChI is InChI=1S/C27H40N2O2/c1-19-6-7-23-22(14-19)27(18-29(23)24(30)31-25(2,3)4)10-12-28(13-11-27)17-21-16-26(5)9-8-20(21)15-26/h6-7,14,20-21H,8-13,15-18H2,1-5H3/t20?,21?,26-/m0/s1. The van der Waals surface area contributed by atoms with Crippen LogP contribution in [0.25, 0.3) is 0 Å². The van der Waals surface area contributed by atoms with Crippen LogP contribution in [0, 0.1) is 24.2 Å². The van der Waals surface area contributed by atoms with E-state index in [0.717, 1.165) is 50.0 Å². The van der Waals surface area contributed by atoms with E-state index in [1.807, 2.05) is 25.7 Å². The van der Waals surface area contributed by atoms with Crippen LogP contribution in [0.4, 0.5) is 10.5 Å². The fraction of sp³-hybridized carbons (Fsp3) is 0.741. The third-order valence-corrected chi connectivity index (χ3v) is 8.69. The number of hydrogen-bond acceptors (Lipinski definition) is 3. The first kappa shape index (κ1) is 21.3. The summed E-state index contributed by atoms with van der Waals surface area (Å²) >= 11 is 0. The molecule has 1 aromatic rings. The van der Waals surface area contributed by atoms with Crippen molar-refractivity contribution in [1.82, 2.24) is 4.90 Å². The monoisotopic (exact) mass is 424 g/mol. The molecule has 1 saturated heterocycles. The Bertz CT molecular complexity index is 864. The Morgan fingerprint density at radius 1 is 1.16 bits per heavy atom. The van der Waals surface area contributed by atoms with Crippen LogP contribution in [0.15, 0.2) is 18.2 Å². The van der Waals surface area contributed by atoms with Crippen LogP contribution in [-0.4, -0.2) is 42.8 Å². The smallest absolute Gasteiger partial charge is 0.414 e. The van der Waals surface area contributed by atoms with Crippen molar-refractivity contribution in [3.05, 3.63) is 29.3 Å². The molecule has 2 aliphatic carbocycles. The molecule has 2 aliphatic heterocycles. The molecule has 0 aromatic heterocycles. The van der Waals surface area contributed by atoms with Gasteiger partial charge < -0.3 is 9.64 Å². The number of rotatable bonds is 2. The van der Waals surface area contributed by atoms with Crippen molar-refractivity contribution in [1.29, 1.82) is 0 Å². The number of carbonyl (C=O) groups is 1. The third kappa shape index (κ3) is 3.90. The molecule has 1 amide bonds. The molecule has 3 fully saturated rings. The van der Waals surface area contributed by atoms with E-state index in [2.05, 4.69) is 36.9 Å². The first-order chi connectivity index (χ1) is 14.6. The van der Waals surface area contributed by atoms with Gasteiger partial charge >= 0.3 is 6.09 Å². The molecule has 2 bridgehead atoms. The minimum Gasteiger partial charge on any atom is -0.443 e. The Balaban J connectivity index is 1.30. The Morgan fingerprint density at radius 2 is 1.90 bits per heavy atom. The number of piperidine rings is 1. The summed E-state index contributed by atoms with van der Waals surface area (Å²) in [4.78, 5) is 17.7. The van der Waals surface area contributed by atoms with Crippen molar-refractivity contribution in [2.75, 3.05) is 31.1 Å². The molecular weight excluding hydrogens is 384 g/mol. The summed E-state index contributed by atoms with van der Waals surface area (Å²) in [5.74, 6) is 1.88. The highest BCUT2D eigenvalue weighted by Crippen LogP contribution is 2.57. The van der Waals surface area contributed by atoms with Gasteiger partial charge in [-0.25, -0.2) is 4.79 Å². The summed E-state index contributed by atoms with van der Waals surface area (Å²) in [5, 5.41) is 0. The Kier molecular flexibility index (Phi) is 4.97. The van der Waals surface area contributed by atoms with Gasteiger partial charge in [-0.3, -0.25) is 4.90 Å². The topological polar surface area (TPSA) is 32.8 Å². The predicted octanol–water partition coefficient (Wildman–Crippen LogP) is 5.91. The zero-order valence-electron chi connectivity index (χ0n) is 20.2. The summed E-state index contributed by atoms with van der Waals surface area (Å²) in [6.07, 6.45) is 7.88. The molecule has 4 heteroatoms. The fourth-order valence-corrected chi connectivity index (χ4v) is 7.16. The number of carbonyl (C=O) groups excluding carboxylic acids is 1. The average molecular weight is 425 g/mol. The molecule has 3 atom stereocenters. The van der Waals surface area contributed by atoms with E-state index in [9.17, 15) is 4.79 Å². The van der Waals surface area contributed by atoms with Gasteiger partial charge in [-0.05, 0) is 108 Å². The van der Waals surface area contributed by atoms with E-state index >= 15 is 0 Å². The molecule has 2 unspecified atom stereocenters. The molecule has 0 radical (unpaired) electrons. The number of hydrogen-bond donors (Lipinski definition) is 0. The van der Waals surface area contributed by atoms with Crippen molar-refractivity contribution in [3.8, 4) is 0 Å². The van der Waals surface area contributed by atoms with Crippen LogP contribution in [0.1, 0.15) is 77.3 Å². The largest absolute Gasteiger partial charge is 0.443 e.